The molecule has 2 rings (SSSR count). The second kappa shape index (κ2) is 4.16. The maximum Gasteiger partial charge on any atom is 0.243 e. The Morgan fingerprint density at radius 2 is 2.12 bits per heavy atom. The third-order valence-electron chi connectivity index (χ3n) is 2.87. The molecule has 16 heavy (non-hydrogen) atoms. The lowest BCUT2D eigenvalue weighted by atomic mass is 10.2. The zero-order valence-corrected chi connectivity index (χ0v) is 10.1. The Morgan fingerprint density at radius 1 is 1.44 bits per heavy atom. The van der Waals surface area contributed by atoms with Gasteiger partial charge in [0.15, 0.2) is 0 Å². The Morgan fingerprint density at radius 3 is 2.69 bits per heavy atom. The average molecular weight is 240 g/mol. The molecule has 5 heteroatoms. The first kappa shape index (κ1) is 11.6. The normalized spacial score (nSPS) is 16.7. The van der Waals surface area contributed by atoms with Crippen molar-refractivity contribution in [1.82, 2.24) is 4.31 Å². The highest BCUT2D eigenvalue weighted by molar-refractivity contribution is 7.89. The molecule has 1 aromatic carbocycles. The summed E-state index contributed by atoms with van der Waals surface area (Å²) in [6.07, 6.45) is 1.93. The van der Waals surface area contributed by atoms with Crippen LogP contribution in [0.3, 0.4) is 0 Å². The summed E-state index contributed by atoms with van der Waals surface area (Å²) in [7, 11) is -1.69. The van der Waals surface area contributed by atoms with Gasteiger partial charge in [-0.05, 0) is 30.5 Å². The van der Waals surface area contributed by atoms with Crippen molar-refractivity contribution in [3.05, 3.63) is 29.8 Å². The van der Waals surface area contributed by atoms with Crippen LogP contribution in [-0.2, 0) is 16.6 Å². The number of sulfonamides is 1. The Labute approximate surface area is 96.1 Å². The van der Waals surface area contributed by atoms with Crippen LogP contribution < -0.4 is 5.73 Å². The number of benzene rings is 1. The van der Waals surface area contributed by atoms with Gasteiger partial charge in [-0.15, -0.1) is 0 Å². The van der Waals surface area contributed by atoms with Gasteiger partial charge in [0.25, 0.3) is 0 Å². The molecular weight excluding hydrogens is 224 g/mol. The van der Waals surface area contributed by atoms with E-state index < -0.39 is 10.0 Å². The molecule has 0 atom stereocenters. The van der Waals surface area contributed by atoms with Gasteiger partial charge in [0, 0.05) is 19.6 Å². The molecule has 0 aromatic heterocycles. The summed E-state index contributed by atoms with van der Waals surface area (Å²) in [4.78, 5) is 0.338. The molecule has 1 aromatic rings. The van der Waals surface area contributed by atoms with E-state index in [0.29, 0.717) is 11.4 Å². The Hall–Kier alpha value is -0.910. The predicted molar refractivity (Wildman–Crippen MR) is 62.3 cm³/mol. The van der Waals surface area contributed by atoms with Crippen molar-refractivity contribution in [3.63, 3.8) is 0 Å². The van der Waals surface area contributed by atoms with Crippen molar-refractivity contribution in [3.8, 4) is 0 Å². The van der Waals surface area contributed by atoms with E-state index in [1.807, 2.05) is 6.07 Å². The maximum absolute atomic E-state index is 12.2. The molecule has 0 saturated heterocycles. The molecule has 0 aliphatic heterocycles. The molecule has 0 amide bonds. The van der Waals surface area contributed by atoms with E-state index in [1.165, 1.54) is 4.31 Å². The van der Waals surface area contributed by atoms with Crippen molar-refractivity contribution in [2.45, 2.75) is 30.3 Å². The second-order valence-electron chi connectivity index (χ2n) is 4.10. The molecular formula is C11H16N2O2S. The van der Waals surface area contributed by atoms with Crippen molar-refractivity contribution in [1.29, 1.82) is 0 Å². The van der Waals surface area contributed by atoms with Gasteiger partial charge in [0.1, 0.15) is 0 Å². The fourth-order valence-electron chi connectivity index (χ4n) is 1.63. The zero-order valence-electron chi connectivity index (χ0n) is 9.26. The molecule has 1 aliphatic rings. The van der Waals surface area contributed by atoms with E-state index in [4.69, 9.17) is 5.73 Å². The van der Waals surface area contributed by atoms with Crippen LogP contribution in [0.25, 0.3) is 0 Å². The summed E-state index contributed by atoms with van der Waals surface area (Å²) in [5, 5.41) is 0. The van der Waals surface area contributed by atoms with Crippen LogP contribution in [0.2, 0.25) is 0 Å². The molecule has 1 fully saturated rings. The topological polar surface area (TPSA) is 63.4 Å². The molecule has 88 valence electrons. The summed E-state index contributed by atoms with van der Waals surface area (Å²) in [6, 6.07) is 7.01. The van der Waals surface area contributed by atoms with Gasteiger partial charge in [0.2, 0.25) is 10.0 Å². The summed E-state index contributed by atoms with van der Waals surface area (Å²) in [6.45, 7) is 0.358. The minimum atomic E-state index is -3.33. The largest absolute Gasteiger partial charge is 0.326 e. The van der Waals surface area contributed by atoms with Crippen LogP contribution >= 0.6 is 0 Å². The quantitative estimate of drug-likeness (QED) is 0.851. The fraction of sp³-hybridized carbons (Fsp3) is 0.455. The molecule has 1 saturated carbocycles. The molecule has 0 heterocycles. The van der Waals surface area contributed by atoms with Crippen LogP contribution in [-0.4, -0.2) is 25.8 Å². The summed E-state index contributed by atoms with van der Waals surface area (Å²) in [5.41, 5.74) is 6.34. The highest BCUT2D eigenvalue weighted by Gasteiger charge is 2.34. The number of rotatable bonds is 4. The highest BCUT2D eigenvalue weighted by atomic mass is 32.2. The molecule has 2 N–H and O–H groups in total. The van der Waals surface area contributed by atoms with E-state index in [2.05, 4.69) is 0 Å². The number of nitrogens with zero attached hydrogens (tertiary/aromatic N) is 1. The lowest BCUT2D eigenvalue weighted by Crippen LogP contribution is -2.29. The van der Waals surface area contributed by atoms with E-state index in [9.17, 15) is 8.42 Å². The van der Waals surface area contributed by atoms with Crippen LogP contribution in [0.4, 0.5) is 0 Å². The highest BCUT2D eigenvalue weighted by Crippen LogP contribution is 2.30. The van der Waals surface area contributed by atoms with Gasteiger partial charge in [-0.3, -0.25) is 0 Å². The van der Waals surface area contributed by atoms with Crippen LogP contribution in [0, 0.1) is 0 Å². The number of nitrogens with two attached hydrogens (primary N) is 1. The van der Waals surface area contributed by atoms with Gasteiger partial charge in [-0.2, -0.15) is 4.31 Å². The van der Waals surface area contributed by atoms with E-state index in [0.717, 1.165) is 18.4 Å². The van der Waals surface area contributed by atoms with Gasteiger partial charge in [-0.25, -0.2) is 8.42 Å². The first-order valence-corrected chi connectivity index (χ1v) is 6.77. The molecule has 4 nitrogen and oxygen atoms in total. The SMILES string of the molecule is CN(C1CC1)S(=O)(=O)c1cccc(CN)c1. The van der Waals surface area contributed by atoms with Crippen molar-refractivity contribution >= 4 is 10.0 Å². The third-order valence-corrected chi connectivity index (χ3v) is 4.78. The first-order valence-electron chi connectivity index (χ1n) is 5.33. The average Bonchev–Trinajstić information content (AvgIpc) is 3.12. The minimum absolute atomic E-state index is 0.187. The van der Waals surface area contributed by atoms with Gasteiger partial charge in [-0.1, -0.05) is 12.1 Å². The Kier molecular flexibility index (Phi) is 3.01. The number of hydrogen-bond acceptors (Lipinski definition) is 3. The first-order chi connectivity index (χ1) is 7.55. The van der Waals surface area contributed by atoms with Gasteiger partial charge < -0.3 is 5.73 Å². The summed E-state index contributed by atoms with van der Waals surface area (Å²) < 4.78 is 25.8. The van der Waals surface area contributed by atoms with E-state index in [1.54, 1.807) is 25.2 Å². The van der Waals surface area contributed by atoms with Gasteiger partial charge >= 0.3 is 0 Å². The van der Waals surface area contributed by atoms with E-state index >= 15 is 0 Å². The van der Waals surface area contributed by atoms with Crippen molar-refractivity contribution in [2.24, 2.45) is 5.73 Å². The molecule has 0 radical (unpaired) electrons. The molecule has 0 spiro atoms. The Balaban J connectivity index is 2.34. The second-order valence-corrected chi connectivity index (χ2v) is 6.10. The monoisotopic (exact) mass is 240 g/mol. The maximum atomic E-state index is 12.2. The molecule has 1 aliphatic carbocycles. The zero-order chi connectivity index (χ0) is 11.8. The number of hydrogen-bond donors (Lipinski definition) is 1. The van der Waals surface area contributed by atoms with E-state index in [-0.39, 0.29) is 6.04 Å². The van der Waals surface area contributed by atoms with Crippen LogP contribution in [0.1, 0.15) is 18.4 Å². The smallest absolute Gasteiger partial charge is 0.243 e. The Bertz CT molecular complexity index is 481. The third kappa shape index (κ3) is 2.11. The summed E-state index contributed by atoms with van der Waals surface area (Å²) in [5.74, 6) is 0. The van der Waals surface area contributed by atoms with Crippen LogP contribution in [0.15, 0.2) is 29.2 Å². The fourth-order valence-corrected chi connectivity index (χ4v) is 3.12. The molecule has 0 unspecified atom stereocenters. The standard InChI is InChI=1S/C11H16N2O2S/c1-13(10-5-6-10)16(14,15)11-4-2-3-9(7-11)8-12/h2-4,7,10H,5-6,8,12H2,1H3. The lowest BCUT2D eigenvalue weighted by molar-refractivity contribution is 0.464. The predicted octanol–water partition coefficient (Wildman–Crippen LogP) is 0.928. The summed E-state index contributed by atoms with van der Waals surface area (Å²) >= 11 is 0. The van der Waals surface area contributed by atoms with Crippen molar-refractivity contribution in [2.75, 3.05) is 7.05 Å². The minimum Gasteiger partial charge on any atom is -0.326 e. The van der Waals surface area contributed by atoms with Crippen molar-refractivity contribution < 1.29 is 8.42 Å². The lowest BCUT2D eigenvalue weighted by Gasteiger charge is -2.16. The van der Waals surface area contributed by atoms with Crippen LogP contribution in [0.5, 0.6) is 0 Å². The molecule has 0 bridgehead atoms. The van der Waals surface area contributed by atoms with Gasteiger partial charge in [0.05, 0.1) is 4.90 Å².